The van der Waals surface area contributed by atoms with Gasteiger partial charge in [-0.3, -0.25) is 9.59 Å². The second-order valence-electron chi connectivity index (χ2n) is 20.3. The van der Waals surface area contributed by atoms with Crippen LogP contribution in [0, 0.1) is 0 Å². The van der Waals surface area contributed by atoms with Crippen molar-refractivity contribution in [2.24, 2.45) is 0 Å². The molecule has 0 radical (unpaired) electrons. The van der Waals surface area contributed by atoms with E-state index in [1.54, 1.807) is 0 Å². The van der Waals surface area contributed by atoms with E-state index in [2.05, 4.69) is 55.6 Å². The fourth-order valence-corrected chi connectivity index (χ4v) is 9.08. The first kappa shape index (κ1) is 65.1. The van der Waals surface area contributed by atoms with E-state index < -0.39 is 12.1 Å². The third-order valence-corrected chi connectivity index (χ3v) is 13.7. The molecule has 0 saturated heterocycles. The standard InChI is InChI=1S/C61H115NO5/c1-3-5-7-9-11-13-15-17-19-22-26-29-33-37-41-45-49-53-59(64)58(57-63)62-60(65)54-50-46-42-38-34-30-27-23-20-21-24-28-32-36-40-44-48-52-56-67-61(66)55-51-47-43-39-35-31-25-18-16-14-12-10-8-6-4-2/h12,14,18,23,25,27,58-59,63-64H,3-11,13,15-17,19-22,24,26,28-57H2,1-2H3,(H,62,65)/b14-12-,25-18-,27-23-. The third-order valence-electron chi connectivity index (χ3n) is 13.7. The third kappa shape index (κ3) is 53.3. The van der Waals surface area contributed by atoms with E-state index in [9.17, 15) is 19.8 Å². The molecule has 0 aromatic carbocycles. The van der Waals surface area contributed by atoms with Crippen molar-refractivity contribution in [2.75, 3.05) is 13.2 Å². The van der Waals surface area contributed by atoms with Gasteiger partial charge in [-0.2, -0.15) is 0 Å². The molecule has 0 saturated carbocycles. The van der Waals surface area contributed by atoms with Gasteiger partial charge in [0.2, 0.25) is 5.91 Å². The molecule has 0 heterocycles. The summed E-state index contributed by atoms with van der Waals surface area (Å²) in [5.74, 6) is -0.0592. The van der Waals surface area contributed by atoms with Crippen molar-refractivity contribution in [1.82, 2.24) is 5.32 Å². The molecule has 0 bridgehead atoms. The SMILES string of the molecule is CCCCC/C=C\C/C=C\CCCCCCCC(=O)OCCCCCCCCCCC/C=C\CCCCCCCC(=O)NC(CO)C(O)CCCCCCCCCCCCCCCCCCC. The van der Waals surface area contributed by atoms with Crippen LogP contribution < -0.4 is 5.32 Å². The highest BCUT2D eigenvalue weighted by Gasteiger charge is 2.20. The Balaban J connectivity index is 3.46. The summed E-state index contributed by atoms with van der Waals surface area (Å²) in [6.07, 6.45) is 69.9. The Hall–Kier alpha value is -1.92. The molecule has 0 fully saturated rings. The second kappa shape index (κ2) is 56.7. The van der Waals surface area contributed by atoms with Crippen LogP contribution in [0.1, 0.15) is 316 Å². The number of amides is 1. The zero-order valence-electron chi connectivity index (χ0n) is 44.9. The fraction of sp³-hybridized carbons (Fsp3) is 0.869. The van der Waals surface area contributed by atoms with Gasteiger partial charge in [0.05, 0.1) is 25.4 Å². The molecule has 0 aliphatic carbocycles. The number of rotatable bonds is 55. The molecule has 2 atom stereocenters. The molecule has 3 N–H and O–H groups in total. The number of allylic oxidation sites excluding steroid dienone is 6. The predicted octanol–water partition coefficient (Wildman–Crippen LogP) is 18.4. The summed E-state index contributed by atoms with van der Waals surface area (Å²) in [4.78, 5) is 24.5. The first-order chi connectivity index (χ1) is 33.0. The van der Waals surface area contributed by atoms with Gasteiger partial charge in [0.15, 0.2) is 0 Å². The second-order valence-corrected chi connectivity index (χ2v) is 20.3. The highest BCUT2D eigenvalue weighted by molar-refractivity contribution is 5.76. The van der Waals surface area contributed by atoms with E-state index in [4.69, 9.17) is 4.74 Å². The van der Waals surface area contributed by atoms with Crippen LogP contribution in [0.15, 0.2) is 36.5 Å². The van der Waals surface area contributed by atoms with Gasteiger partial charge >= 0.3 is 5.97 Å². The highest BCUT2D eigenvalue weighted by Crippen LogP contribution is 2.17. The molecule has 6 nitrogen and oxygen atoms in total. The quantitative estimate of drug-likeness (QED) is 0.0321. The van der Waals surface area contributed by atoms with Gasteiger partial charge in [-0.1, -0.05) is 256 Å². The number of ether oxygens (including phenoxy) is 1. The molecule has 394 valence electrons. The average Bonchev–Trinajstić information content (AvgIpc) is 3.33. The maximum atomic E-state index is 12.5. The summed E-state index contributed by atoms with van der Waals surface area (Å²) in [7, 11) is 0. The Bertz CT molecular complexity index is 1090. The van der Waals surface area contributed by atoms with Crippen LogP contribution >= 0.6 is 0 Å². The molecule has 0 aliphatic heterocycles. The molecule has 1 amide bonds. The van der Waals surface area contributed by atoms with E-state index >= 15 is 0 Å². The summed E-state index contributed by atoms with van der Waals surface area (Å²) < 4.78 is 5.47. The Labute approximate surface area is 417 Å². The minimum Gasteiger partial charge on any atom is -0.466 e. The summed E-state index contributed by atoms with van der Waals surface area (Å²) in [6, 6.07) is -0.552. The van der Waals surface area contributed by atoms with Crippen molar-refractivity contribution in [3.05, 3.63) is 36.5 Å². The molecular formula is C61H115NO5. The first-order valence-electron chi connectivity index (χ1n) is 29.7. The topological polar surface area (TPSA) is 95.9 Å². The van der Waals surface area contributed by atoms with Crippen molar-refractivity contribution in [3.8, 4) is 0 Å². The van der Waals surface area contributed by atoms with Gasteiger partial charge in [-0.25, -0.2) is 0 Å². The van der Waals surface area contributed by atoms with Crippen LogP contribution in [0.3, 0.4) is 0 Å². The van der Waals surface area contributed by atoms with Crippen molar-refractivity contribution >= 4 is 11.9 Å². The Morgan fingerprint density at radius 1 is 0.418 bits per heavy atom. The predicted molar refractivity (Wildman–Crippen MR) is 292 cm³/mol. The molecule has 0 aromatic rings. The zero-order chi connectivity index (χ0) is 48.6. The Kier molecular flexibility index (Phi) is 55.0. The molecule has 67 heavy (non-hydrogen) atoms. The lowest BCUT2D eigenvalue weighted by Gasteiger charge is -2.22. The number of esters is 1. The lowest BCUT2D eigenvalue weighted by Crippen LogP contribution is -2.45. The summed E-state index contributed by atoms with van der Waals surface area (Å²) in [5, 5.41) is 23.3. The zero-order valence-corrected chi connectivity index (χ0v) is 44.9. The number of carbonyl (C=O) groups is 2. The van der Waals surface area contributed by atoms with Crippen molar-refractivity contribution in [1.29, 1.82) is 0 Å². The maximum Gasteiger partial charge on any atom is 0.305 e. The minimum atomic E-state index is -0.674. The van der Waals surface area contributed by atoms with Crippen LogP contribution in [-0.4, -0.2) is 47.4 Å². The Morgan fingerprint density at radius 3 is 1.18 bits per heavy atom. The summed E-state index contributed by atoms with van der Waals surface area (Å²) in [5.41, 5.74) is 0. The monoisotopic (exact) mass is 942 g/mol. The van der Waals surface area contributed by atoms with Crippen molar-refractivity contribution in [3.63, 3.8) is 0 Å². The van der Waals surface area contributed by atoms with Gasteiger partial charge < -0.3 is 20.3 Å². The minimum absolute atomic E-state index is 0.0110. The van der Waals surface area contributed by atoms with Gasteiger partial charge in [-0.05, 0) is 83.5 Å². The van der Waals surface area contributed by atoms with Crippen LogP contribution in [0.2, 0.25) is 0 Å². The maximum absolute atomic E-state index is 12.5. The Morgan fingerprint density at radius 2 is 0.746 bits per heavy atom. The van der Waals surface area contributed by atoms with Crippen LogP contribution in [0.4, 0.5) is 0 Å². The molecular weight excluding hydrogens is 827 g/mol. The number of aliphatic hydroxyl groups excluding tert-OH is 2. The lowest BCUT2D eigenvalue weighted by molar-refractivity contribution is -0.143. The van der Waals surface area contributed by atoms with Gasteiger partial charge in [0.25, 0.3) is 0 Å². The van der Waals surface area contributed by atoms with E-state index in [0.29, 0.717) is 25.9 Å². The molecule has 0 aliphatic rings. The number of unbranched alkanes of at least 4 members (excludes halogenated alkanes) is 38. The van der Waals surface area contributed by atoms with Gasteiger partial charge in [0, 0.05) is 12.8 Å². The first-order valence-corrected chi connectivity index (χ1v) is 29.7. The van der Waals surface area contributed by atoms with E-state index in [0.717, 1.165) is 70.6 Å². The average molecular weight is 943 g/mol. The van der Waals surface area contributed by atoms with Crippen molar-refractivity contribution in [2.45, 2.75) is 328 Å². The normalized spacial score (nSPS) is 12.8. The van der Waals surface area contributed by atoms with Gasteiger partial charge in [0.1, 0.15) is 0 Å². The smallest absolute Gasteiger partial charge is 0.305 e. The molecule has 6 heteroatoms. The number of aliphatic hydroxyl groups is 2. The molecule has 0 spiro atoms. The summed E-state index contributed by atoms with van der Waals surface area (Å²) >= 11 is 0. The number of hydrogen-bond donors (Lipinski definition) is 3. The number of carbonyl (C=O) groups excluding carboxylic acids is 2. The lowest BCUT2D eigenvalue weighted by atomic mass is 10.0. The van der Waals surface area contributed by atoms with E-state index in [1.165, 1.54) is 212 Å². The van der Waals surface area contributed by atoms with E-state index in [-0.39, 0.29) is 18.5 Å². The fourth-order valence-electron chi connectivity index (χ4n) is 9.08. The van der Waals surface area contributed by atoms with Gasteiger partial charge in [-0.15, -0.1) is 0 Å². The van der Waals surface area contributed by atoms with Crippen LogP contribution in [0.25, 0.3) is 0 Å². The number of hydrogen-bond acceptors (Lipinski definition) is 5. The highest BCUT2D eigenvalue weighted by atomic mass is 16.5. The summed E-state index contributed by atoms with van der Waals surface area (Å²) in [6.45, 7) is 4.92. The molecule has 0 rings (SSSR count). The van der Waals surface area contributed by atoms with Crippen molar-refractivity contribution < 1.29 is 24.5 Å². The van der Waals surface area contributed by atoms with Crippen LogP contribution in [0.5, 0.6) is 0 Å². The van der Waals surface area contributed by atoms with Crippen LogP contribution in [-0.2, 0) is 14.3 Å². The van der Waals surface area contributed by atoms with E-state index in [1.807, 2.05) is 0 Å². The molecule has 0 aromatic heterocycles. The molecule has 2 unspecified atom stereocenters. The number of nitrogens with one attached hydrogen (secondary N) is 1. The largest absolute Gasteiger partial charge is 0.466 e.